The Morgan fingerprint density at radius 1 is 1.03 bits per heavy atom. The molecule has 0 bridgehead atoms. The predicted molar refractivity (Wildman–Crippen MR) is 138 cm³/mol. The largest absolute Gasteiger partial charge is 0.469 e. The molecule has 6 nitrogen and oxygen atoms in total. The lowest BCUT2D eigenvalue weighted by molar-refractivity contribution is -0.146. The molecule has 2 aromatic rings. The highest BCUT2D eigenvalue weighted by atomic mass is 127. The fourth-order valence-corrected chi connectivity index (χ4v) is 3.79. The van der Waals surface area contributed by atoms with Crippen LogP contribution in [-0.2, 0) is 34.0 Å². The molecule has 1 N–H and O–H groups in total. The van der Waals surface area contributed by atoms with Gasteiger partial charge in [0.25, 0.3) is 0 Å². The Kier molecular flexibility index (Phi) is 11.5. The number of nitrogens with one attached hydrogen (secondary N) is 1. The number of benzene rings is 2. The summed E-state index contributed by atoms with van der Waals surface area (Å²) in [6.07, 6.45) is 1.59. The first-order chi connectivity index (χ1) is 15.2. The van der Waals surface area contributed by atoms with Crippen LogP contribution in [0.4, 0.5) is 0 Å². The van der Waals surface area contributed by atoms with E-state index < -0.39 is 0 Å². The van der Waals surface area contributed by atoms with Crippen molar-refractivity contribution in [3.05, 3.63) is 71.3 Å². The number of aliphatic imine (C=N–C) groups is 1. The second-order valence-electron chi connectivity index (χ2n) is 7.70. The number of guanidine groups is 1. The predicted octanol–water partition coefficient (Wildman–Crippen LogP) is 4.37. The highest BCUT2D eigenvalue weighted by Gasteiger charge is 2.26. The van der Waals surface area contributed by atoms with Gasteiger partial charge in [0.1, 0.15) is 0 Å². The third-order valence-corrected chi connectivity index (χ3v) is 5.55. The number of methoxy groups -OCH3 is 1. The zero-order valence-corrected chi connectivity index (χ0v) is 21.3. The first-order valence-electron chi connectivity index (χ1n) is 11.0. The molecule has 0 spiro atoms. The van der Waals surface area contributed by atoms with E-state index >= 15 is 0 Å². The molecule has 1 saturated heterocycles. The molecule has 0 aliphatic carbocycles. The molecular formula is C25H34IN3O3. The number of esters is 1. The Morgan fingerprint density at radius 2 is 1.69 bits per heavy atom. The van der Waals surface area contributed by atoms with Gasteiger partial charge < -0.3 is 19.7 Å². The summed E-state index contributed by atoms with van der Waals surface area (Å²) in [5.74, 6) is 0.781. The van der Waals surface area contributed by atoms with Crippen LogP contribution in [0, 0.1) is 5.92 Å². The quantitative estimate of drug-likeness (QED) is 0.229. The number of carbonyl (C=O) groups is 1. The summed E-state index contributed by atoms with van der Waals surface area (Å²) in [5.41, 5.74) is 3.49. The zero-order valence-electron chi connectivity index (χ0n) is 19.0. The summed E-state index contributed by atoms with van der Waals surface area (Å²) in [6, 6.07) is 18.5. The molecule has 0 atom stereocenters. The molecule has 0 radical (unpaired) electrons. The third-order valence-electron chi connectivity index (χ3n) is 5.55. The Labute approximate surface area is 208 Å². The molecule has 0 amide bonds. The van der Waals surface area contributed by atoms with Gasteiger partial charge in [-0.05, 0) is 36.5 Å². The van der Waals surface area contributed by atoms with Crippen molar-refractivity contribution in [2.45, 2.75) is 39.5 Å². The summed E-state index contributed by atoms with van der Waals surface area (Å²) in [7, 11) is 1.46. The number of likely N-dealkylation sites (tertiary alicyclic amines) is 1. The summed E-state index contributed by atoms with van der Waals surface area (Å²) in [5, 5.41) is 3.39. The van der Waals surface area contributed by atoms with Crippen LogP contribution >= 0.6 is 24.0 Å². The molecule has 0 saturated carbocycles. The van der Waals surface area contributed by atoms with E-state index in [1.165, 1.54) is 12.7 Å². The van der Waals surface area contributed by atoms with Crippen molar-refractivity contribution in [2.75, 3.05) is 26.7 Å². The topological polar surface area (TPSA) is 63.2 Å². The number of nitrogens with zero attached hydrogens (tertiary/aromatic N) is 2. The number of hydrogen-bond donors (Lipinski definition) is 1. The lowest BCUT2D eigenvalue weighted by Gasteiger charge is -2.33. The SMILES string of the molecule is CCNC(=NCc1ccccc1COCc1ccccc1)N1CCC(C(=O)OC)CC1.I. The maximum atomic E-state index is 11.8. The lowest BCUT2D eigenvalue weighted by atomic mass is 9.97. The van der Waals surface area contributed by atoms with Gasteiger partial charge in [-0.1, -0.05) is 54.6 Å². The first kappa shape index (κ1) is 26.1. The fraction of sp³-hybridized carbons (Fsp3) is 0.440. The van der Waals surface area contributed by atoms with Crippen molar-refractivity contribution >= 4 is 35.9 Å². The fourth-order valence-electron chi connectivity index (χ4n) is 3.79. The maximum absolute atomic E-state index is 11.8. The van der Waals surface area contributed by atoms with Crippen LogP contribution in [0.1, 0.15) is 36.5 Å². The van der Waals surface area contributed by atoms with E-state index in [-0.39, 0.29) is 35.9 Å². The molecule has 0 unspecified atom stereocenters. The van der Waals surface area contributed by atoms with E-state index in [9.17, 15) is 4.79 Å². The van der Waals surface area contributed by atoms with Crippen molar-refractivity contribution in [3.8, 4) is 0 Å². The van der Waals surface area contributed by atoms with Gasteiger partial charge in [0.15, 0.2) is 5.96 Å². The van der Waals surface area contributed by atoms with Crippen molar-refractivity contribution in [1.82, 2.24) is 10.2 Å². The number of piperidine rings is 1. The van der Waals surface area contributed by atoms with E-state index in [4.69, 9.17) is 14.5 Å². The van der Waals surface area contributed by atoms with Gasteiger partial charge in [-0.3, -0.25) is 4.79 Å². The highest BCUT2D eigenvalue weighted by molar-refractivity contribution is 14.0. The molecular weight excluding hydrogens is 517 g/mol. The van der Waals surface area contributed by atoms with Gasteiger partial charge in [0.2, 0.25) is 0 Å². The Hall–Kier alpha value is -2.13. The minimum Gasteiger partial charge on any atom is -0.469 e. The van der Waals surface area contributed by atoms with Crippen molar-refractivity contribution in [2.24, 2.45) is 10.9 Å². The standard InChI is InChI=1S/C25H33N3O3.HI/c1-3-26-25(28-15-13-21(14-16-28)24(29)30-2)27-17-22-11-7-8-12-23(22)19-31-18-20-9-5-4-6-10-20;/h4-12,21H,3,13-19H2,1-2H3,(H,26,27);1H. The smallest absolute Gasteiger partial charge is 0.308 e. The molecule has 2 aromatic carbocycles. The van der Waals surface area contributed by atoms with Crippen LogP contribution in [-0.4, -0.2) is 43.6 Å². The molecule has 1 aliphatic heterocycles. The Balaban J connectivity index is 0.00000363. The van der Waals surface area contributed by atoms with Crippen LogP contribution in [0.25, 0.3) is 0 Å². The first-order valence-corrected chi connectivity index (χ1v) is 11.0. The maximum Gasteiger partial charge on any atom is 0.308 e. The molecule has 1 fully saturated rings. The normalized spacial score (nSPS) is 14.6. The second-order valence-corrected chi connectivity index (χ2v) is 7.70. The van der Waals surface area contributed by atoms with Crippen molar-refractivity contribution in [1.29, 1.82) is 0 Å². The molecule has 32 heavy (non-hydrogen) atoms. The van der Waals surface area contributed by atoms with Gasteiger partial charge in [-0.25, -0.2) is 4.99 Å². The monoisotopic (exact) mass is 551 g/mol. The van der Waals surface area contributed by atoms with Gasteiger partial charge >= 0.3 is 5.97 Å². The molecule has 7 heteroatoms. The average molecular weight is 551 g/mol. The van der Waals surface area contributed by atoms with E-state index in [0.717, 1.165) is 49.6 Å². The average Bonchev–Trinajstić information content (AvgIpc) is 2.83. The molecule has 1 heterocycles. The van der Waals surface area contributed by atoms with Crippen LogP contribution in [0.2, 0.25) is 0 Å². The number of hydrogen-bond acceptors (Lipinski definition) is 4. The van der Waals surface area contributed by atoms with Crippen molar-refractivity contribution in [3.63, 3.8) is 0 Å². The van der Waals surface area contributed by atoms with Gasteiger partial charge in [-0.2, -0.15) is 0 Å². The minimum absolute atomic E-state index is 0. The summed E-state index contributed by atoms with van der Waals surface area (Å²) >= 11 is 0. The zero-order chi connectivity index (χ0) is 21.9. The molecule has 0 aromatic heterocycles. The Morgan fingerprint density at radius 3 is 2.34 bits per heavy atom. The molecule has 1 aliphatic rings. The minimum atomic E-state index is -0.106. The van der Waals surface area contributed by atoms with Crippen LogP contribution in [0.15, 0.2) is 59.6 Å². The number of halogens is 1. The van der Waals surface area contributed by atoms with Crippen LogP contribution in [0.5, 0.6) is 0 Å². The lowest BCUT2D eigenvalue weighted by Crippen LogP contribution is -2.46. The molecule has 174 valence electrons. The van der Waals surface area contributed by atoms with Crippen LogP contribution < -0.4 is 5.32 Å². The summed E-state index contributed by atoms with van der Waals surface area (Å²) < 4.78 is 10.8. The number of carbonyl (C=O) groups excluding carboxylic acids is 1. The van der Waals surface area contributed by atoms with Gasteiger partial charge in [0.05, 0.1) is 32.8 Å². The third kappa shape index (κ3) is 7.78. The second kappa shape index (κ2) is 14.1. The van der Waals surface area contributed by atoms with E-state index in [2.05, 4.69) is 41.4 Å². The van der Waals surface area contributed by atoms with Gasteiger partial charge in [-0.15, -0.1) is 24.0 Å². The van der Waals surface area contributed by atoms with E-state index in [1.54, 1.807) is 0 Å². The van der Waals surface area contributed by atoms with E-state index in [1.807, 2.05) is 30.3 Å². The number of rotatable bonds is 8. The molecule has 3 rings (SSSR count). The summed E-state index contributed by atoms with van der Waals surface area (Å²) in [4.78, 5) is 18.9. The van der Waals surface area contributed by atoms with Crippen molar-refractivity contribution < 1.29 is 14.3 Å². The summed E-state index contributed by atoms with van der Waals surface area (Å²) in [6.45, 7) is 6.21. The highest BCUT2D eigenvalue weighted by Crippen LogP contribution is 2.19. The number of ether oxygens (including phenoxy) is 2. The Bertz CT molecular complexity index is 853. The van der Waals surface area contributed by atoms with Crippen LogP contribution in [0.3, 0.4) is 0 Å². The van der Waals surface area contributed by atoms with E-state index in [0.29, 0.717) is 19.8 Å². The van der Waals surface area contributed by atoms with Gasteiger partial charge in [0, 0.05) is 19.6 Å².